The van der Waals surface area contributed by atoms with Gasteiger partial charge in [0.1, 0.15) is 18.1 Å². The molecule has 2 amide bonds. The second-order valence-electron chi connectivity index (χ2n) is 8.67. The van der Waals surface area contributed by atoms with Crippen LogP contribution in [0.25, 0.3) is 0 Å². The van der Waals surface area contributed by atoms with Crippen molar-refractivity contribution in [3.05, 3.63) is 114 Å². The van der Waals surface area contributed by atoms with Crippen LogP contribution in [0.4, 0.5) is 5.69 Å². The number of sulfonamides is 1. The average Bonchev–Trinajstić information content (AvgIpc) is 3.49. The minimum absolute atomic E-state index is 0.0733. The van der Waals surface area contributed by atoms with Crippen LogP contribution >= 0.6 is 0 Å². The van der Waals surface area contributed by atoms with E-state index in [9.17, 15) is 18.0 Å². The quantitative estimate of drug-likeness (QED) is 0.201. The Morgan fingerprint density at radius 1 is 0.925 bits per heavy atom. The van der Waals surface area contributed by atoms with E-state index in [1.54, 1.807) is 78.9 Å². The van der Waals surface area contributed by atoms with Gasteiger partial charge >= 0.3 is 0 Å². The van der Waals surface area contributed by atoms with Crippen LogP contribution in [0.3, 0.4) is 0 Å². The van der Waals surface area contributed by atoms with E-state index in [-0.39, 0.29) is 24.0 Å². The number of nitrogens with zero attached hydrogens (tertiary/aromatic N) is 2. The van der Waals surface area contributed by atoms with E-state index in [1.807, 2.05) is 6.92 Å². The molecule has 10 nitrogen and oxygen atoms in total. The number of benzene rings is 3. The minimum atomic E-state index is -4.00. The van der Waals surface area contributed by atoms with Crippen molar-refractivity contribution in [1.29, 1.82) is 0 Å². The van der Waals surface area contributed by atoms with Gasteiger partial charge in [-0.1, -0.05) is 35.9 Å². The van der Waals surface area contributed by atoms with Crippen molar-refractivity contribution < 1.29 is 27.2 Å². The number of furan rings is 1. The zero-order chi connectivity index (χ0) is 28.4. The number of nitrogens with one attached hydrogen (secondary N) is 2. The van der Waals surface area contributed by atoms with Gasteiger partial charge in [0, 0.05) is 0 Å². The van der Waals surface area contributed by atoms with Crippen LogP contribution in [0.15, 0.2) is 112 Å². The maximum Gasteiger partial charge on any atom is 0.264 e. The first-order valence-corrected chi connectivity index (χ1v) is 13.7. The van der Waals surface area contributed by atoms with E-state index in [1.165, 1.54) is 24.6 Å². The van der Waals surface area contributed by atoms with E-state index in [0.29, 0.717) is 22.8 Å². The lowest BCUT2D eigenvalue weighted by atomic mass is 10.2. The number of amides is 2. The van der Waals surface area contributed by atoms with E-state index in [0.717, 1.165) is 9.87 Å². The molecule has 4 aromatic rings. The third kappa shape index (κ3) is 7.81. The highest BCUT2D eigenvalue weighted by molar-refractivity contribution is 7.92. The molecule has 0 saturated heterocycles. The van der Waals surface area contributed by atoms with Crippen LogP contribution in [0.2, 0.25) is 0 Å². The first kappa shape index (κ1) is 28.1. The Kier molecular flexibility index (Phi) is 9.31. The second kappa shape index (κ2) is 13.3. The van der Waals surface area contributed by atoms with Gasteiger partial charge in [0.2, 0.25) is 0 Å². The highest BCUT2D eigenvalue weighted by Gasteiger charge is 2.27. The van der Waals surface area contributed by atoms with Gasteiger partial charge in [-0.25, -0.2) is 13.8 Å². The summed E-state index contributed by atoms with van der Waals surface area (Å²) < 4.78 is 38.3. The maximum absolute atomic E-state index is 13.3. The minimum Gasteiger partial charge on any atom is -0.484 e. The predicted molar refractivity (Wildman–Crippen MR) is 150 cm³/mol. The number of ether oxygens (including phenoxy) is 1. The lowest BCUT2D eigenvalue weighted by Gasteiger charge is -2.23. The zero-order valence-corrected chi connectivity index (χ0v) is 22.5. The molecule has 0 spiro atoms. The first-order valence-electron chi connectivity index (χ1n) is 12.3. The molecule has 3 aromatic carbocycles. The molecule has 0 aliphatic carbocycles. The molecular formula is C29H28N4O6S. The highest BCUT2D eigenvalue weighted by Crippen LogP contribution is 2.23. The van der Waals surface area contributed by atoms with Gasteiger partial charge in [-0.05, 0) is 73.2 Å². The van der Waals surface area contributed by atoms with Crippen molar-refractivity contribution >= 4 is 33.7 Å². The first-order chi connectivity index (χ1) is 19.3. The molecule has 0 atom stereocenters. The van der Waals surface area contributed by atoms with Gasteiger partial charge in [0.15, 0.2) is 6.61 Å². The van der Waals surface area contributed by atoms with E-state index < -0.39 is 22.5 Å². The van der Waals surface area contributed by atoms with Crippen LogP contribution in [0.5, 0.6) is 5.75 Å². The Morgan fingerprint density at radius 3 is 2.33 bits per heavy atom. The van der Waals surface area contributed by atoms with Crippen LogP contribution in [0.1, 0.15) is 16.9 Å². The van der Waals surface area contributed by atoms with Gasteiger partial charge in [-0.2, -0.15) is 5.10 Å². The molecule has 0 radical (unpaired) electrons. The van der Waals surface area contributed by atoms with Gasteiger partial charge in [-0.3, -0.25) is 13.9 Å². The fourth-order valence-electron chi connectivity index (χ4n) is 3.54. The molecule has 2 N–H and O–H groups in total. The molecule has 0 unspecified atom stereocenters. The van der Waals surface area contributed by atoms with Crippen molar-refractivity contribution in [1.82, 2.24) is 10.7 Å². The molecular weight excluding hydrogens is 532 g/mol. The average molecular weight is 561 g/mol. The van der Waals surface area contributed by atoms with Crippen LogP contribution in [-0.2, 0) is 26.2 Å². The number of hydrogen-bond donors (Lipinski definition) is 2. The summed E-state index contributed by atoms with van der Waals surface area (Å²) in [5.41, 5.74) is 4.35. The van der Waals surface area contributed by atoms with E-state index in [2.05, 4.69) is 15.8 Å². The third-order valence-corrected chi connectivity index (χ3v) is 7.42. The Morgan fingerprint density at radius 2 is 1.65 bits per heavy atom. The van der Waals surface area contributed by atoms with Crippen LogP contribution in [0, 0.1) is 6.92 Å². The summed E-state index contributed by atoms with van der Waals surface area (Å²) in [6, 6.07) is 25.0. The number of rotatable bonds is 12. The Hall–Kier alpha value is -4.90. The summed E-state index contributed by atoms with van der Waals surface area (Å²) in [6.45, 7) is 1.54. The number of anilines is 1. The van der Waals surface area contributed by atoms with Crippen molar-refractivity contribution in [2.24, 2.45) is 5.10 Å². The fraction of sp³-hybridized carbons (Fsp3) is 0.138. The maximum atomic E-state index is 13.3. The third-order valence-electron chi connectivity index (χ3n) is 5.63. The largest absolute Gasteiger partial charge is 0.484 e. The number of hydrazone groups is 1. The summed E-state index contributed by atoms with van der Waals surface area (Å²) in [4.78, 5) is 24.7. The number of aryl methyl sites for hydroxylation is 1. The molecule has 0 saturated carbocycles. The Labute approximate surface area is 232 Å². The van der Waals surface area contributed by atoms with Crippen molar-refractivity contribution in [3.8, 4) is 5.75 Å². The molecule has 1 aromatic heterocycles. The van der Waals surface area contributed by atoms with E-state index in [4.69, 9.17) is 9.15 Å². The molecule has 40 heavy (non-hydrogen) atoms. The Bertz CT molecular complexity index is 1540. The number of carbonyl (C=O) groups excluding carboxylic acids is 2. The van der Waals surface area contributed by atoms with Gasteiger partial charge in [0.25, 0.3) is 21.8 Å². The van der Waals surface area contributed by atoms with Crippen LogP contribution < -0.4 is 19.8 Å². The second-order valence-corrected chi connectivity index (χ2v) is 10.5. The molecule has 0 aliphatic rings. The van der Waals surface area contributed by atoms with Gasteiger partial charge < -0.3 is 14.5 Å². The summed E-state index contributed by atoms with van der Waals surface area (Å²) in [5.74, 6) is 0.217. The topological polar surface area (TPSA) is 130 Å². The summed E-state index contributed by atoms with van der Waals surface area (Å²) >= 11 is 0. The molecule has 206 valence electrons. The SMILES string of the molecule is Cc1ccc(N(CC(=O)N/N=C\c2ccc(OCC(=O)NCc3ccco3)cc2)S(=O)(=O)c2ccccc2)cc1. The smallest absolute Gasteiger partial charge is 0.264 e. The predicted octanol–water partition coefficient (Wildman–Crippen LogP) is 3.63. The van der Waals surface area contributed by atoms with Crippen molar-refractivity contribution in [2.75, 3.05) is 17.5 Å². The highest BCUT2D eigenvalue weighted by atomic mass is 32.2. The number of carbonyl (C=O) groups is 2. The molecule has 0 aliphatic heterocycles. The molecule has 4 rings (SSSR count). The fourth-order valence-corrected chi connectivity index (χ4v) is 4.98. The lowest BCUT2D eigenvalue weighted by molar-refractivity contribution is -0.123. The number of hydrogen-bond acceptors (Lipinski definition) is 7. The summed E-state index contributed by atoms with van der Waals surface area (Å²) in [6.07, 6.45) is 2.95. The van der Waals surface area contributed by atoms with Crippen LogP contribution in [-0.4, -0.2) is 39.6 Å². The van der Waals surface area contributed by atoms with Gasteiger partial charge in [-0.15, -0.1) is 0 Å². The monoisotopic (exact) mass is 560 g/mol. The normalized spacial score (nSPS) is 11.2. The van der Waals surface area contributed by atoms with Crippen molar-refractivity contribution in [2.45, 2.75) is 18.4 Å². The van der Waals surface area contributed by atoms with Crippen molar-refractivity contribution in [3.63, 3.8) is 0 Å². The lowest BCUT2D eigenvalue weighted by Crippen LogP contribution is -2.39. The Balaban J connectivity index is 1.32. The molecule has 0 bridgehead atoms. The van der Waals surface area contributed by atoms with E-state index >= 15 is 0 Å². The van der Waals surface area contributed by atoms with Gasteiger partial charge in [0.05, 0.1) is 29.6 Å². The summed E-state index contributed by atoms with van der Waals surface area (Å²) in [7, 11) is -4.00. The zero-order valence-electron chi connectivity index (χ0n) is 21.7. The molecule has 11 heteroatoms. The molecule has 0 fully saturated rings. The molecule has 1 heterocycles. The summed E-state index contributed by atoms with van der Waals surface area (Å²) in [5, 5.41) is 6.64. The standard InChI is InChI=1S/C29H28N4O6S/c1-22-9-13-24(14-10-22)33(40(36,37)27-7-3-2-4-8-27)20-28(34)32-31-18-23-11-15-25(16-12-23)39-21-29(35)30-19-26-6-5-17-38-26/h2-18H,19-21H2,1H3,(H,30,35)(H,32,34)/b31-18-.